The monoisotopic (exact) mass is 445 g/mol. The molecular formula is C26H41N2S2+. The molecule has 2 nitrogen and oxygen atoms in total. The van der Waals surface area contributed by atoms with Crippen LogP contribution in [0.3, 0.4) is 0 Å². The van der Waals surface area contributed by atoms with E-state index in [0.717, 1.165) is 19.6 Å². The molecule has 0 spiro atoms. The third kappa shape index (κ3) is 11.5. The fourth-order valence-corrected chi connectivity index (χ4v) is 6.07. The smallest absolute Gasteiger partial charge is 0.101 e. The third-order valence-corrected chi connectivity index (χ3v) is 7.64. The normalized spacial score (nSPS) is 11.2. The van der Waals surface area contributed by atoms with E-state index in [1.165, 1.54) is 77.1 Å². The Morgan fingerprint density at radius 3 is 1.83 bits per heavy atom. The van der Waals surface area contributed by atoms with Crippen LogP contribution < -0.4 is 10.6 Å². The molecule has 0 unspecified atom stereocenters. The van der Waals surface area contributed by atoms with Gasteiger partial charge in [-0.1, -0.05) is 80.2 Å². The van der Waals surface area contributed by atoms with E-state index >= 15 is 0 Å². The van der Waals surface area contributed by atoms with Crippen molar-refractivity contribution in [2.45, 2.75) is 59.9 Å². The van der Waals surface area contributed by atoms with Crippen LogP contribution in [0.25, 0.3) is 0 Å². The maximum Gasteiger partial charge on any atom is 0.101 e. The van der Waals surface area contributed by atoms with E-state index in [1.54, 1.807) is 0 Å². The highest BCUT2D eigenvalue weighted by Crippen LogP contribution is 2.22. The summed E-state index contributed by atoms with van der Waals surface area (Å²) >= 11 is 0. The van der Waals surface area contributed by atoms with Gasteiger partial charge in [-0.15, -0.1) is 0 Å². The summed E-state index contributed by atoms with van der Waals surface area (Å²) in [6.07, 6.45) is 4.96. The number of benzene rings is 2. The predicted octanol–water partition coefficient (Wildman–Crippen LogP) is 5.37. The Balaban J connectivity index is 1.35. The van der Waals surface area contributed by atoms with Crippen LogP contribution in [0.15, 0.2) is 36.4 Å². The van der Waals surface area contributed by atoms with Crippen LogP contribution in [0.1, 0.15) is 52.6 Å². The van der Waals surface area contributed by atoms with Crippen molar-refractivity contribution in [1.82, 2.24) is 5.32 Å². The molecule has 0 bridgehead atoms. The van der Waals surface area contributed by atoms with Gasteiger partial charge in [-0.05, 0) is 65.6 Å². The number of aryl methyl sites for hydroxylation is 5. The van der Waals surface area contributed by atoms with Gasteiger partial charge in [0.2, 0.25) is 0 Å². The molecule has 0 heterocycles. The Kier molecular flexibility index (Phi) is 12.6. The summed E-state index contributed by atoms with van der Waals surface area (Å²) in [5, 5.41) is 6.05. The second-order valence-electron chi connectivity index (χ2n) is 8.48. The van der Waals surface area contributed by atoms with Gasteiger partial charge in [0.1, 0.15) is 6.54 Å². The Labute approximate surface area is 192 Å². The molecule has 0 saturated carbocycles. The molecule has 0 radical (unpaired) electrons. The van der Waals surface area contributed by atoms with Crippen molar-refractivity contribution in [3.05, 3.63) is 69.8 Å². The molecule has 0 saturated heterocycles. The lowest BCUT2D eigenvalue weighted by atomic mass is 10.0. The lowest BCUT2D eigenvalue weighted by molar-refractivity contribution is -0.670. The van der Waals surface area contributed by atoms with Crippen LogP contribution in [0.5, 0.6) is 0 Å². The lowest BCUT2D eigenvalue weighted by Gasteiger charge is -2.07. The molecule has 0 amide bonds. The number of nitrogens with two attached hydrogens (primary N) is 1. The quantitative estimate of drug-likeness (QED) is 0.285. The molecule has 3 N–H and O–H groups in total. The number of rotatable bonds is 15. The van der Waals surface area contributed by atoms with Gasteiger partial charge in [-0.25, -0.2) is 0 Å². The fourth-order valence-electron chi connectivity index (χ4n) is 3.87. The zero-order valence-corrected chi connectivity index (χ0v) is 21.1. The maximum atomic E-state index is 3.60. The Morgan fingerprint density at radius 2 is 1.20 bits per heavy atom. The van der Waals surface area contributed by atoms with E-state index in [1.807, 2.05) is 21.6 Å². The van der Waals surface area contributed by atoms with E-state index in [0.29, 0.717) is 0 Å². The van der Waals surface area contributed by atoms with Crippen LogP contribution in [0.4, 0.5) is 0 Å². The summed E-state index contributed by atoms with van der Waals surface area (Å²) < 4.78 is 0. The van der Waals surface area contributed by atoms with Crippen molar-refractivity contribution < 1.29 is 5.32 Å². The zero-order chi connectivity index (χ0) is 21.6. The summed E-state index contributed by atoms with van der Waals surface area (Å²) in [5.74, 6) is 2.51. The molecule has 166 valence electrons. The van der Waals surface area contributed by atoms with Crippen molar-refractivity contribution in [1.29, 1.82) is 0 Å². The van der Waals surface area contributed by atoms with Gasteiger partial charge in [0.05, 0.1) is 6.54 Å². The minimum atomic E-state index is 1.11. The Bertz CT molecular complexity index is 642. The minimum Gasteiger partial charge on any atom is -0.342 e. The van der Waals surface area contributed by atoms with Crippen LogP contribution in [-0.2, 0) is 13.0 Å². The first kappa shape index (κ1) is 25.3. The molecule has 4 heteroatoms. The average molecular weight is 446 g/mol. The Hall–Kier alpha value is -0.940. The minimum absolute atomic E-state index is 1.11. The summed E-state index contributed by atoms with van der Waals surface area (Å²) in [5.41, 5.74) is 8.45. The van der Waals surface area contributed by atoms with Crippen LogP contribution >= 0.6 is 21.6 Å². The highest BCUT2D eigenvalue weighted by Gasteiger charge is 2.00. The summed E-state index contributed by atoms with van der Waals surface area (Å²) in [6.45, 7) is 13.4. The first-order valence-electron chi connectivity index (χ1n) is 11.4. The summed E-state index contributed by atoms with van der Waals surface area (Å²) in [4.78, 5) is 0. The van der Waals surface area contributed by atoms with Crippen molar-refractivity contribution >= 4 is 21.6 Å². The standard InChI is InChI=1S/C26H40N2S2/c1-21-14-22(2)17-25(16-21)8-5-9-27-10-6-12-29-30-13-7-11-28-20-26-18-23(3)15-24(4)19-26/h14-19,27-28H,5-13,20H2,1-4H3/p+1. The van der Waals surface area contributed by atoms with Crippen LogP contribution in [0.2, 0.25) is 0 Å². The molecule has 2 aromatic rings. The highest BCUT2D eigenvalue weighted by molar-refractivity contribution is 8.76. The first-order valence-corrected chi connectivity index (χ1v) is 13.9. The molecular weight excluding hydrogens is 404 g/mol. The summed E-state index contributed by atoms with van der Waals surface area (Å²) in [6, 6.07) is 13.8. The van der Waals surface area contributed by atoms with Crippen LogP contribution in [-0.4, -0.2) is 31.1 Å². The van der Waals surface area contributed by atoms with Gasteiger partial charge in [0.25, 0.3) is 0 Å². The van der Waals surface area contributed by atoms with E-state index in [2.05, 4.69) is 74.7 Å². The van der Waals surface area contributed by atoms with Gasteiger partial charge in [-0.3, -0.25) is 0 Å². The average Bonchev–Trinajstić information content (AvgIpc) is 2.66. The third-order valence-electron chi connectivity index (χ3n) is 5.06. The van der Waals surface area contributed by atoms with Crippen molar-refractivity contribution in [3.8, 4) is 0 Å². The molecule has 2 rings (SSSR count). The SMILES string of the molecule is Cc1cc(C)cc(CCCNCCCSSCCC[NH2+]Cc2cc(C)cc(C)c2)c1. The largest absolute Gasteiger partial charge is 0.342 e. The number of hydrogen-bond donors (Lipinski definition) is 2. The summed E-state index contributed by atoms with van der Waals surface area (Å²) in [7, 11) is 4.08. The van der Waals surface area contributed by atoms with Gasteiger partial charge in [0.15, 0.2) is 0 Å². The zero-order valence-electron chi connectivity index (χ0n) is 19.4. The molecule has 0 aliphatic carbocycles. The Morgan fingerprint density at radius 1 is 0.667 bits per heavy atom. The van der Waals surface area contributed by atoms with Crippen molar-refractivity contribution in [2.24, 2.45) is 0 Å². The van der Waals surface area contributed by atoms with Gasteiger partial charge >= 0.3 is 0 Å². The van der Waals surface area contributed by atoms with E-state index in [9.17, 15) is 0 Å². The topological polar surface area (TPSA) is 28.6 Å². The van der Waals surface area contributed by atoms with E-state index < -0.39 is 0 Å². The number of quaternary nitrogens is 1. The lowest BCUT2D eigenvalue weighted by Crippen LogP contribution is -2.82. The molecule has 0 aliphatic rings. The molecule has 2 aromatic carbocycles. The molecule has 0 fully saturated rings. The van der Waals surface area contributed by atoms with Gasteiger partial charge in [-0.2, -0.15) is 0 Å². The second kappa shape index (κ2) is 15.0. The van der Waals surface area contributed by atoms with Gasteiger partial charge in [0, 0.05) is 23.5 Å². The maximum absolute atomic E-state index is 3.60. The van der Waals surface area contributed by atoms with Crippen molar-refractivity contribution in [2.75, 3.05) is 31.1 Å². The van der Waals surface area contributed by atoms with Gasteiger partial charge < -0.3 is 10.6 Å². The molecule has 0 atom stereocenters. The molecule has 0 aliphatic heterocycles. The number of nitrogens with one attached hydrogen (secondary N) is 1. The molecule has 0 aromatic heterocycles. The van der Waals surface area contributed by atoms with Crippen LogP contribution in [0, 0.1) is 27.7 Å². The van der Waals surface area contributed by atoms with Crippen molar-refractivity contribution in [3.63, 3.8) is 0 Å². The highest BCUT2D eigenvalue weighted by atomic mass is 33.1. The number of hydrogen-bond acceptors (Lipinski definition) is 3. The molecule has 30 heavy (non-hydrogen) atoms. The fraction of sp³-hybridized carbons (Fsp3) is 0.538. The second-order valence-corrected chi connectivity index (χ2v) is 11.2. The predicted molar refractivity (Wildman–Crippen MR) is 138 cm³/mol. The van der Waals surface area contributed by atoms with E-state index in [-0.39, 0.29) is 0 Å². The first-order chi connectivity index (χ1) is 14.5. The van der Waals surface area contributed by atoms with E-state index in [4.69, 9.17) is 0 Å².